The molecule has 1 aromatic carbocycles. The second kappa shape index (κ2) is 13.0. The summed E-state index contributed by atoms with van der Waals surface area (Å²) in [6.45, 7) is 6.08. The zero-order chi connectivity index (χ0) is 28.6. The number of nitrogens with zero attached hydrogens (tertiary/aromatic N) is 3. The maximum absolute atomic E-state index is 14.8. The molecule has 3 aromatic rings. The number of aliphatic hydroxyl groups excluding tert-OH is 1. The third-order valence-corrected chi connectivity index (χ3v) is 6.03. The molecule has 12 heteroatoms. The lowest BCUT2D eigenvalue weighted by Crippen LogP contribution is -2.41. The molecular formula is C27H33FN6O5. The van der Waals surface area contributed by atoms with Crippen molar-refractivity contribution in [3.05, 3.63) is 47.9 Å². The number of amides is 2. The standard InChI is InChI=1S/C26H30FN5O4.CH3NO/c1-15-9-19(27)21(29-17-13-26(2,3)14-17)11-18(15)20-12-23(36-8-7-33)32-24(30-20)16-5-6-28-22(10-16)31-25(34)35-4;2-1-3/h5-6,9-12,17,29,33H,7-8,13-14H2,1-4H3,(H,28,31,34);1H,(H2,2,3). The van der Waals surface area contributed by atoms with Gasteiger partial charge in [0.25, 0.3) is 0 Å². The first-order valence-corrected chi connectivity index (χ1v) is 12.3. The lowest BCUT2D eigenvalue weighted by atomic mass is 9.68. The van der Waals surface area contributed by atoms with Crippen LogP contribution in [-0.4, -0.2) is 58.9 Å². The summed E-state index contributed by atoms with van der Waals surface area (Å²) in [6.07, 6.45) is 3.04. The van der Waals surface area contributed by atoms with Crippen LogP contribution in [0.1, 0.15) is 32.3 Å². The molecule has 1 aliphatic carbocycles. The molecule has 1 fully saturated rings. The Balaban J connectivity index is 0.00000134. The smallest absolute Gasteiger partial charge is 0.412 e. The number of carbonyl (C=O) groups is 2. The van der Waals surface area contributed by atoms with E-state index >= 15 is 0 Å². The molecule has 2 amide bonds. The van der Waals surface area contributed by atoms with Crippen molar-refractivity contribution in [3.63, 3.8) is 0 Å². The van der Waals surface area contributed by atoms with Gasteiger partial charge >= 0.3 is 6.09 Å². The number of benzene rings is 1. The molecule has 4 rings (SSSR count). The van der Waals surface area contributed by atoms with Crippen LogP contribution in [0.5, 0.6) is 5.88 Å². The van der Waals surface area contributed by atoms with Crippen LogP contribution >= 0.6 is 0 Å². The SMILES string of the molecule is COC(=O)Nc1cc(-c2nc(OCCO)cc(-c3cc(NC4CC(C)(C)C4)c(F)cc3C)n2)ccn1.NC=O. The van der Waals surface area contributed by atoms with Crippen LogP contribution in [0.15, 0.2) is 36.5 Å². The summed E-state index contributed by atoms with van der Waals surface area (Å²) < 4.78 is 25.1. The largest absolute Gasteiger partial charge is 0.475 e. The van der Waals surface area contributed by atoms with E-state index in [9.17, 15) is 14.3 Å². The highest BCUT2D eigenvalue weighted by Gasteiger charge is 2.36. The Kier molecular flexibility index (Phi) is 9.72. The maximum atomic E-state index is 14.8. The van der Waals surface area contributed by atoms with E-state index in [0.29, 0.717) is 28.3 Å². The number of primary amides is 1. The van der Waals surface area contributed by atoms with Crippen molar-refractivity contribution < 1.29 is 28.6 Å². The number of aliphatic hydroxyl groups is 1. The van der Waals surface area contributed by atoms with E-state index in [-0.39, 0.29) is 48.6 Å². The van der Waals surface area contributed by atoms with Gasteiger partial charge in [-0.2, -0.15) is 4.98 Å². The molecule has 0 radical (unpaired) electrons. The number of rotatable bonds is 8. The van der Waals surface area contributed by atoms with E-state index in [1.54, 1.807) is 24.3 Å². The predicted molar refractivity (Wildman–Crippen MR) is 145 cm³/mol. The monoisotopic (exact) mass is 540 g/mol. The zero-order valence-corrected chi connectivity index (χ0v) is 22.3. The first kappa shape index (κ1) is 29.2. The number of carbonyl (C=O) groups excluding carboxylic acids is 2. The lowest BCUT2D eigenvalue weighted by Gasteiger charge is -2.43. The molecule has 1 saturated carbocycles. The van der Waals surface area contributed by atoms with E-state index in [1.807, 2.05) is 6.92 Å². The number of hydrogen-bond acceptors (Lipinski definition) is 9. The van der Waals surface area contributed by atoms with Crippen molar-refractivity contribution in [2.75, 3.05) is 31.0 Å². The molecule has 5 N–H and O–H groups in total. The Morgan fingerprint density at radius 1 is 1.26 bits per heavy atom. The molecule has 0 spiro atoms. The average molecular weight is 541 g/mol. The minimum Gasteiger partial charge on any atom is -0.475 e. The van der Waals surface area contributed by atoms with Crippen LogP contribution in [-0.2, 0) is 9.53 Å². The fraction of sp³-hybridized carbons (Fsp3) is 0.370. The highest BCUT2D eigenvalue weighted by molar-refractivity contribution is 5.84. The molecule has 0 unspecified atom stereocenters. The van der Waals surface area contributed by atoms with Crippen molar-refractivity contribution in [3.8, 4) is 28.5 Å². The number of hydrogen-bond donors (Lipinski definition) is 4. The number of nitrogens with one attached hydrogen (secondary N) is 2. The van der Waals surface area contributed by atoms with Gasteiger partial charge < -0.3 is 25.6 Å². The van der Waals surface area contributed by atoms with Gasteiger partial charge in [-0.05, 0) is 55.0 Å². The van der Waals surface area contributed by atoms with Gasteiger partial charge in [0, 0.05) is 29.4 Å². The molecule has 0 bridgehead atoms. The van der Waals surface area contributed by atoms with Gasteiger partial charge in [-0.3, -0.25) is 10.1 Å². The lowest BCUT2D eigenvalue weighted by molar-refractivity contribution is -0.106. The number of nitrogens with two attached hydrogens (primary N) is 1. The fourth-order valence-electron chi connectivity index (χ4n) is 4.37. The van der Waals surface area contributed by atoms with Crippen molar-refractivity contribution >= 4 is 24.0 Å². The molecule has 39 heavy (non-hydrogen) atoms. The highest BCUT2D eigenvalue weighted by atomic mass is 19.1. The Morgan fingerprint density at radius 2 is 1.97 bits per heavy atom. The molecule has 2 aromatic heterocycles. The van der Waals surface area contributed by atoms with E-state index in [4.69, 9.17) is 14.5 Å². The quantitative estimate of drug-likeness (QED) is 0.310. The van der Waals surface area contributed by atoms with E-state index < -0.39 is 6.09 Å². The minimum absolute atomic E-state index is 0.0497. The molecule has 11 nitrogen and oxygen atoms in total. The van der Waals surface area contributed by atoms with Gasteiger partial charge in [0.05, 0.1) is 25.1 Å². The number of ether oxygens (including phenoxy) is 2. The number of anilines is 2. The molecule has 208 valence electrons. The van der Waals surface area contributed by atoms with Crippen LogP contribution in [0.25, 0.3) is 22.6 Å². The van der Waals surface area contributed by atoms with E-state index in [1.165, 1.54) is 19.4 Å². The second-order valence-electron chi connectivity index (χ2n) is 9.73. The summed E-state index contributed by atoms with van der Waals surface area (Å²) in [5, 5.41) is 15.1. The molecule has 1 aliphatic rings. The van der Waals surface area contributed by atoms with Crippen molar-refractivity contribution in [1.29, 1.82) is 0 Å². The molecular weight excluding hydrogens is 507 g/mol. The van der Waals surface area contributed by atoms with Crippen LogP contribution in [0.2, 0.25) is 0 Å². The van der Waals surface area contributed by atoms with Gasteiger partial charge in [0.2, 0.25) is 12.3 Å². The van der Waals surface area contributed by atoms with E-state index in [0.717, 1.165) is 18.4 Å². The molecule has 2 heterocycles. The fourth-order valence-corrected chi connectivity index (χ4v) is 4.37. The summed E-state index contributed by atoms with van der Waals surface area (Å²) in [5.74, 6) is 0.510. The number of halogens is 1. The Labute approximate surface area is 226 Å². The van der Waals surface area contributed by atoms with Gasteiger partial charge in [-0.15, -0.1) is 0 Å². The third-order valence-electron chi connectivity index (χ3n) is 6.03. The van der Waals surface area contributed by atoms with Crippen LogP contribution < -0.4 is 21.1 Å². The summed E-state index contributed by atoms with van der Waals surface area (Å²) in [6, 6.07) is 8.42. The van der Waals surface area contributed by atoms with Crippen LogP contribution in [0, 0.1) is 18.2 Å². The maximum Gasteiger partial charge on any atom is 0.412 e. The topological polar surface area (TPSA) is 162 Å². The Hall–Kier alpha value is -4.32. The summed E-state index contributed by atoms with van der Waals surface area (Å²) in [4.78, 5) is 33.5. The summed E-state index contributed by atoms with van der Waals surface area (Å²) in [5.41, 5.74) is 7.37. The zero-order valence-electron chi connectivity index (χ0n) is 22.3. The Morgan fingerprint density at radius 3 is 2.62 bits per heavy atom. The second-order valence-corrected chi connectivity index (χ2v) is 9.73. The predicted octanol–water partition coefficient (Wildman–Crippen LogP) is 3.90. The minimum atomic E-state index is -0.655. The number of pyridine rings is 1. The first-order chi connectivity index (χ1) is 18.6. The summed E-state index contributed by atoms with van der Waals surface area (Å²) >= 11 is 0. The molecule has 0 atom stereocenters. The van der Waals surface area contributed by atoms with Gasteiger partial charge in [0.15, 0.2) is 5.82 Å². The van der Waals surface area contributed by atoms with Gasteiger partial charge in [-0.25, -0.2) is 19.2 Å². The summed E-state index contributed by atoms with van der Waals surface area (Å²) in [7, 11) is 1.26. The third kappa shape index (κ3) is 7.84. The van der Waals surface area contributed by atoms with Crippen molar-refractivity contribution in [1.82, 2.24) is 15.0 Å². The van der Waals surface area contributed by atoms with Crippen molar-refractivity contribution in [2.24, 2.45) is 11.1 Å². The van der Waals surface area contributed by atoms with Gasteiger partial charge in [0.1, 0.15) is 18.2 Å². The average Bonchev–Trinajstić information content (AvgIpc) is 2.88. The molecule has 0 aliphatic heterocycles. The Bertz CT molecular complexity index is 1310. The van der Waals surface area contributed by atoms with Crippen LogP contribution in [0.4, 0.5) is 20.7 Å². The van der Waals surface area contributed by atoms with Crippen LogP contribution in [0.3, 0.4) is 0 Å². The normalized spacial score (nSPS) is 13.8. The van der Waals surface area contributed by atoms with E-state index in [2.05, 4.69) is 44.9 Å². The van der Waals surface area contributed by atoms with Crippen molar-refractivity contribution in [2.45, 2.75) is 39.7 Å². The number of aromatic nitrogens is 3. The number of aryl methyl sites for hydroxylation is 1. The van der Waals surface area contributed by atoms with Gasteiger partial charge in [-0.1, -0.05) is 13.8 Å². The number of methoxy groups -OCH3 is 1. The highest BCUT2D eigenvalue weighted by Crippen LogP contribution is 2.42. The molecule has 0 saturated heterocycles. The first-order valence-electron chi connectivity index (χ1n) is 12.3.